The van der Waals surface area contributed by atoms with Gasteiger partial charge in [0.15, 0.2) is 0 Å². The Hall–Kier alpha value is -3.41. The van der Waals surface area contributed by atoms with Crippen molar-refractivity contribution in [1.82, 2.24) is 14.8 Å². The lowest BCUT2D eigenvalue weighted by atomic mass is 10.0. The van der Waals surface area contributed by atoms with Crippen molar-refractivity contribution in [3.05, 3.63) is 78.1 Å². The van der Waals surface area contributed by atoms with E-state index >= 15 is 0 Å². The maximum atomic E-state index is 13.5. The molecule has 3 aromatic rings. The fourth-order valence-corrected chi connectivity index (χ4v) is 3.86. The third-order valence-corrected chi connectivity index (χ3v) is 5.36. The average molecular weight is 418 g/mol. The molecular weight excluding hydrogens is 390 g/mol. The summed E-state index contributed by atoms with van der Waals surface area (Å²) in [7, 11) is 0. The van der Waals surface area contributed by atoms with E-state index in [1.807, 2.05) is 80.3 Å². The summed E-state index contributed by atoms with van der Waals surface area (Å²) in [5.74, 6) is -0.0450. The molecular formula is C25H27N3O3. The number of hydrogen-bond acceptors (Lipinski definition) is 4. The van der Waals surface area contributed by atoms with E-state index in [0.717, 1.165) is 16.3 Å². The largest absolute Gasteiger partial charge is 0.444 e. The van der Waals surface area contributed by atoms with Crippen LogP contribution >= 0.6 is 0 Å². The van der Waals surface area contributed by atoms with E-state index in [0.29, 0.717) is 25.2 Å². The van der Waals surface area contributed by atoms with E-state index in [4.69, 9.17) is 4.74 Å². The maximum absolute atomic E-state index is 13.5. The molecule has 0 spiro atoms. The first-order valence-electron chi connectivity index (χ1n) is 10.5. The van der Waals surface area contributed by atoms with E-state index in [9.17, 15) is 9.59 Å². The summed E-state index contributed by atoms with van der Waals surface area (Å²) in [5, 5.41) is 1.97. The second-order valence-electron chi connectivity index (χ2n) is 8.79. The van der Waals surface area contributed by atoms with Gasteiger partial charge in [0.25, 0.3) is 5.91 Å². The molecule has 4 rings (SSSR count). The monoisotopic (exact) mass is 417 g/mol. The van der Waals surface area contributed by atoms with Crippen molar-refractivity contribution < 1.29 is 14.3 Å². The Balaban J connectivity index is 1.62. The summed E-state index contributed by atoms with van der Waals surface area (Å²) in [6, 6.07) is 17.2. The molecule has 1 aliphatic heterocycles. The first-order chi connectivity index (χ1) is 14.8. The predicted octanol–water partition coefficient (Wildman–Crippen LogP) is 4.67. The highest BCUT2D eigenvalue weighted by molar-refractivity contribution is 5.98. The second-order valence-corrected chi connectivity index (χ2v) is 8.79. The van der Waals surface area contributed by atoms with Gasteiger partial charge < -0.3 is 14.5 Å². The van der Waals surface area contributed by atoms with Gasteiger partial charge >= 0.3 is 6.09 Å². The van der Waals surface area contributed by atoms with Crippen LogP contribution < -0.4 is 0 Å². The molecule has 1 atom stereocenters. The molecule has 0 saturated carbocycles. The van der Waals surface area contributed by atoms with E-state index < -0.39 is 5.60 Å². The second kappa shape index (κ2) is 8.38. The Morgan fingerprint density at radius 2 is 1.77 bits per heavy atom. The molecule has 1 fully saturated rings. The molecule has 0 N–H and O–H groups in total. The standard InChI is InChI=1S/C25H27N3O3/c1-25(2,3)31-24(30)27-13-14-28(22(17-27)18-7-5-4-6-8-18)23(29)20-9-10-21-16-26-12-11-19(21)15-20/h4-12,15-16,22H,13-14,17H2,1-3H3. The van der Waals surface area contributed by atoms with Crippen molar-refractivity contribution >= 4 is 22.8 Å². The van der Waals surface area contributed by atoms with Crippen LogP contribution in [0.3, 0.4) is 0 Å². The van der Waals surface area contributed by atoms with Crippen LogP contribution in [0.1, 0.15) is 42.7 Å². The first-order valence-corrected chi connectivity index (χ1v) is 10.5. The number of rotatable bonds is 2. The third-order valence-electron chi connectivity index (χ3n) is 5.36. The molecule has 6 nitrogen and oxygen atoms in total. The van der Waals surface area contributed by atoms with Gasteiger partial charge in [0, 0.05) is 43.0 Å². The topological polar surface area (TPSA) is 62.7 Å². The highest BCUT2D eigenvalue weighted by Crippen LogP contribution is 2.29. The van der Waals surface area contributed by atoms with Crippen LogP contribution in [0.15, 0.2) is 67.0 Å². The zero-order valence-electron chi connectivity index (χ0n) is 18.1. The van der Waals surface area contributed by atoms with Crippen LogP contribution in [0.4, 0.5) is 4.79 Å². The van der Waals surface area contributed by atoms with Gasteiger partial charge in [0.05, 0.1) is 6.04 Å². The number of fused-ring (bicyclic) bond motifs is 1. The number of nitrogens with zero attached hydrogens (tertiary/aromatic N) is 3. The van der Waals surface area contributed by atoms with Gasteiger partial charge in [-0.3, -0.25) is 9.78 Å². The molecule has 31 heavy (non-hydrogen) atoms. The lowest BCUT2D eigenvalue weighted by Crippen LogP contribution is -2.53. The van der Waals surface area contributed by atoms with Gasteiger partial charge in [0.1, 0.15) is 5.60 Å². The van der Waals surface area contributed by atoms with Crippen LogP contribution in [0.25, 0.3) is 10.8 Å². The smallest absolute Gasteiger partial charge is 0.410 e. The van der Waals surface area contributed by atoms with E-state index in [-0.39, 0.29) is 18.0 Å². The van der Waals surface area contributed by atoms with Gasteiger partial charge in [-0.25, -0.2) is 4.79 Å². The van der Waals surface area contributed by atoms with Crippen LogP contribution in [0.2, 0.25) is 0 Å². The zero-order valence-corrected chi connectivity index (χ0v) is 18.1. The Kier molecular flexibility index (Phi) is 5.63. The summed E-state index contributed by atoms with van der Waals surface area (Å²) < 4.78 is 5.57. The quantitative estimate of drug-likeness (QED) is 0.608. The highest BCUT2D eigenvalue weighted by Gasteiger charge is 2.35. The fourth-order valence-electron chi connectivity index (χ4n) is 3.86. The Labute approximate surface area is 182 Å². The van der Waals surface area contributed by atoms with Crippen LogP contribution in [-0.2, 0) is 4.74 Å². The van der Waals surface area contributed by atoms with Crippen molar-refractivity contribution in [2.45, 2.75) is 32.4 Å². The van der Waals surface area contributed by atoms with E-state index in [1.54, 1.807) is 17.3 Å². The van der Waals surface area contributed by atoms with Gasteiger partial charge in [-0.2, -0.15) is 0 Å². The number of piperazine rings is 1. The molecule has 160 valence electrons. The first kappa shape index (κ1) is 20.8. The molecule has 0 radical (unpaired) electrons. The minimum atomic E-state index is -0.563. The summed E-state index contributed by atoms with van der Waals surface area (Å²) >= 11 is 0. The molecule has 0 aliphatic carbocycles. The molecule has 0 bridgehead atoms. The minimum absolute atomic E-state index is 0.0450. The Bertz CT molecular complexity index is 1090. The Morgan fingerprint density at radius 3 is 2.52 bits per heavy atom. The molecule has 2 aromatic carbocycles. The van der Waals surface area contributed by atoms with Crippen molar-refractivity contribution in [2.24, 2.45) is 0 Å². The van der Waals surface area contributed by atoms with Gasteiger partial charge in [-0.05, 0) is 49.9 Å². The molecule has 2 heterocycles. The predicted molar refractivity (Wildman–Crippen MR) is 120 cm³/mol. The van der Waals surface area contributed by atoms with Crippen molar-refractivity contribution in [3.63, 3.8) is 0 Å². The summed E-state index contributed by atoms with van der Waals surface area (Å²) in [5.41, 5.74) is 1.06. The number of aromatic nitrogens is 1. The number of hydrogen-bond donors (Lipinski definition) is 0. The summed E-state index contributed by atoms with van der Waals surface area (Å²) in [4.78, 5) is 33.9. The van der Waals surface area contributed by atoms with Gasteiger partial charge in [0.2, 0.25) is 0 Å². The fraction of sp³-hybridized carbons (Fsp3) is 0.320. The van der Waals surface area contributed by atoms with Crippen LogP contribution in [-0.4, -0.2) is 52.0 Å². The third kappa shape index (κ3) is 4.68. The number of pyridine rings is 1. The van der Waals surface area contributed by atoms with Crippen LogP contribution in [0.5, 0.6) is 0 Å². The lowest BCUT2D eigenvalue weighted by Gasteiger charge is -2.42. The number of carbonyl (C=O) groups is 2. The van der Waals surface area contributed by atoms with Crippen molar-refractivity contribution in [1.29, 1.82) is 0 Å². The normalized spacial score (nSPS) is 16.9. The molecule has 2 amide bonds. The van der Waals surface area contributed by atoms with Crippen LogP contribution in [0, 0.1) is 0 Å². The highest BCUT2D eigenvalue weighted by atomic mass is 16.6. The van der Waals surface area contributed by atoms with Crippen molar-refractivity contribution in [3.8, 4) is 0 Å². The maximum Gasteiger partial charge on any atom is 0.410 e. The van der Waals surface area contributed by atoms with E-state index in [1.165, 1.54) is 0 Å². The number of ether oxygens (including phenoxy) is 1. The number of carbonyl (C=O) groups excluding carboxylic acids is 2. The van der Waals surface area contributed by atoms with Gasteiger partial charge in [-0.1, -0.05) is 36.4 Å². The molecule has 1 saturated heterocycles. The molecule has 1 aromatic heterocycles. The summed E-state index contributed by atoms with van der Waals surface area (Å²) in [6.45, 7) is 6.83. The van der Waals surface area contributed by atoms with Gasteiger partial charge in [-0.15, -0.1) is 0 Å². The Morgan fingerprint density at radius 1 is 1.00 bits per heavy atom. The molecule has 1 aliphatic rings. The molecule has 1 unspecified atom stereocenters. The van der Waals surface area contributed by atoms with Crippen molar-refractivity contribution in [2.75, 3.05) is 19.6 Å². The minimum Gasteiger partial charge on any atom is -0.444 e. The number of benzene rings is 2. The van der Waals surface area contributed by atoms with E-state index in [2.05, 4.69) is 4.98 Å². The summed E-state index contributed by atoms with van der Waals surface area (Å²) in [6.07, 6.45) is 3.16. The lowest BCUT2D eigenvalue weighted by molar-refractivity contribution is 0.00409. The zero-order chi connectivity index (χ0) is 22.0. The average Bonchev–Trinajstić information content (AvgIpc) is 2.77. The SMILES string of the molecule is CC(C)(C)OC(=O)N1CCN(C(=O)c2ccc3cnccc3c2)C(c2ccccc2)C1. The molecule has 6 heteroatoms. The number of amides is 2.